The maximum absolute atomic E-state index is 12.7. The van der Waals surface area contributed by atoms with Crippen molar-refractivity contribution >= 4 is 16.1 Å². The zero-order valence-electron chi connectivity index (χ0n) is 15.2. The molecule has 26 heavy (non-hydrogen) atoms. The van der Waals surface area contributed by atoms with E-state index in [0.717, 1.165) is 23.1 Å². The normalized spacial score (nSPS) is 14.2. The van der Waals surface area contributed by atoms with Crippen molar-refractivity contribution in [3.8, 4) is 0 Å². The van der Waals surface area contributed by atoms with E-state index in [2.05, 4.69) is 4.72 Å². The second-order valence-electron chi connectivity index (χ2n) is 6.76. The predicted molar refractivity (Wildman–Crippen MR) is 105 cm³/mol. The van der Waals surface area contributed by atoms with E-state index < -0.39 is 10.0 Å². The summed E-state index contributed by atoms with van der Waals surface area (Å²) in [6.07, 6.45) is 3.20. The summed E-state index contributed by atoms with van der Waals surface area (Å²) < 4.78 is 33.9. The molecule has 0 amide bonds. The Morgan fingerprint density at radius 1 is 1.00 bits per heavy atom. The molecule has 0 heterocycles. The van der Waals surface area contributed by atoms with E-state index in [1.165, 1.54) is 5.56 Å². The molecule has 0 spiro atoms. The van der Waals surface area contributed by atoms with Crippen LogP contribution in [0.2, 0.25) is 0 Å². The van der Waals surface area contributed by atoms with Gasteiger partial charge in [-0.15, -0.1) is 0 Å². The third-order valence-electron chi connectivity index (χ3n) is 4.50. The van der Waals surface area contributed by atoms with E-state index in [1.54, 1.807) is 6.08 Å². The van der Waals surface area contributed by atoms with E-state index in [9.17, 15) is 8.42 Å². The first kappa shape index (κ1) is 18.8. The number of allylic oxidation sites excluding steroid dienone is 1. The lowest BCUT2D eigenvalue weighted by Gasteiger charge is -2.18. The van der Waals surface area contributed by atoms with Crippen molar-refractivity contribution in [3.63, 3.8) is 0 Å². The standard InChI is InChI=1S/C21H25NO3S/c1-16(2)25-15-20-10-6-5-9-19(20)14-22-26(23,24)21-12-11-17-7-3-4-8-18(17)13-21/h3-10,13,16,22H,11-12,14-15H2,1-2H3. The number of rotatable bonds is 7. The van der Waals surface area contributed by atoms with Crippen molar-refractivity contribution in [3.05, 3.63) is 75.7 Å². The summed E-state index contributed by atoms with van der Waals surface area (Å²) in [5.41, 5.74) is 4.13. The van der Waals surface area contributed by atoms with Gasteiger partial charge in [0.25, 0.3) is 0 Å². The van der Waals surface area contributed by atoms with Gasteiger partial charge in [0.05, 0.1) is 17.6 Å². The first-order valence-electron chi connectivity index (χ1n) is 8.92. The Morgan fingerprint density at radius 2 is 1.69 bits per heavy atom. The molecule has 1 aliphatic carbocycles. The van der Waals surface area contributed by atoms with Crippen LogP contribution < -0.4 is 4.72 Å². The molecule has 1 aliphatic rings. The van der Waals surface area contributed by atoms with Gasteiger partial charge in [0.15, 0.2) is 0 Å². The summed E-state index contributed by atoms with van der Waals surface area (Å²) in [5, 5.41) is 0. The van der Waals surface area contributed by atoms with Gasteiger partial charge >= 0.3 is 0 Å². The lowest BCUT2D eigenvalue weighted by molar-refractivity contribution is 0.0652. The molecule has 138 valence electrons. The smallest absolute Gasteiger partial charge is 0.237 e. The van der Waals surface area contributed by atoms with Crippen molar-refractivity contribution < 1.29 is 13.2 Å². The highest BCUT2D eigenvalue weighted by Crippen LogP contribution is 2.26. The quantitative estimate of drug-likeness (QED) is 0.800. The van der Waals surface area contributed by atoms with E-state index in [0.29, 0.717) is 17.9 Å². The van der Waals surface area contributed by atoms with Gasteiger partial charge in [-0.3, -0.25) is 0 Å². The Hall–Kier alpha value is -1.95. The molecular formula is C21H25NO3S. The molecule has 2 aromatic carbocycles. The van der Waals surface area contributed by atoms with Crippen LogP contribution >= 0.6 is 0 Å². The number of sulfonamides is 1. The maximum atomic E-state index is 12.7. The number of benzene rings is 2. The Labute approximate surface area is 156 Å². The van der Waals surface area contributed by atoms with Crippen LogP contribution in [0.25, 0.3) is 6.08 Å². The topological polar surface area (TPSA) is 55.4 Å². The minimum atomic E-state index is -3.50. The van der Waals surface area contributed by atoms with Gasteiger partial charge in [-0.05, 0) is 55.0 Å². The fraction of sp³-hybridized carbons (Fsp3) is 0.333. The first-order valence-corrected chi connectivity index (χ1v) is 10.4. The Bertz CT molecular complexity index is 901. The maximum Gasteiger partial charge on any atom is 0.237 e. The van der Waals surface area contributed by atoms with Crippen molar-refractivity contribution in [1.29, 1.82) is 0 Å². The SMILES string of the molecule is CC(C)OCc1ccccc1CNS(=O)(=O)C1=Cc2ccccc2CC1. The summed E-state index contributed by atoms with van der Waals surface area (Å²) in [5.74, 6) is 0. The number of ether oxygens (including phenoxy) is 1. The van der Waals surface area contributed by atoms with E-state index >= 15 is 0 Å². The molecule has 0 bridgehead atoms. The average molecular weight is 372 g/mol. The lowest BCUT2D eigenvalue weighted by Crippen LogP contribution is -2.26. The van der Waals surface area contributed by atoms with Gasteiger partial charge in [-0.2, -0.15) is 0 Å². The van der Waals surface area contributed by atoms with Gasteiger partial charge in [0, 0.05) is 6.54 Å². The minimum Gasteiger partial charge on any atom is -0.374 e. The fourth-order valence-electron chi connectivity index (χ4n) is 3.01. The molecule has 1 N–H and O–H groups in total. The van der Waals surface area contributed by atoms with Crippen molar-refractivity contribution in [2.45, 2.75) is 45.9 Å². The molecule has 3 rings (SSSR count). The van der Waals surface area contributed by atoms with E-state index in [4.69, 9.17) is 4.74 Å². The highest BCUT2D eigenvalue weighted by Gasteiger charge is 2.21. The second-order valence-corrected chi connectivity index (χ2v) is 8.58. The zero-order chi connectivity index (χ0) is 18.6. The minimum absolute atomic E-state index is 0.132. The highest BCUT2D eigenvalue weighted by molar-refractivity contribution is 7.93. The summed E-state index contributed by atoms with van der Waals surface area (Å²) in [4.78, 5) is 0.451. The van der Waals surface area contributed by atoms with Gasteiger partial charge in [0.2, 0.25) is 10.0 Å². The Morgan fingerprint density at radius 3 is 2.46 bits per heavy atom. The predicted octanol–water partition coefficient (Wildman–Crippen LogP) is 4.02. The number of hydrogen-bond donors (Lipinski definition) is 1. The first-order chi connectivity index (χ1) is 12.5. The monoisotopic (exact) mass is 371 g/mol. The van der Waals surface area contributed by atoms with E-state index in [-0.39, 0.29) is 12.6 Å². The Kier molecular flexibility index (Phi) is 5.91. The van der Waals surface area contributed by atoms with Gasteiger partial charge < -0.3 is 4.74 Å². The molecule has 0 radical (unpaired) electrons. The van der Waals surface area contributed by atoms with Crippen LogP contribution in [0.1, 0.15) is 42.5 Å². The largest absolute Gasteiger partial charge is 0.374 e. The van der Waals surface area contributed by atoms with Gasteiger partial charge in [0.1, 0.15) is 0 Å². The zero-order valence-corrected chi connectivity index (χ0v) is 16.1. The molecule has 0 fully saturated rings. The van der Waals surface area contributed by atoms with Crippen LogP contribution in [-0.2, 0) is 34.3 Å². The molecule has 5 heteroatoms. The van der Waals surface area contributed by atoms with E-state index in [1.807, 2.05) is 62.4 Å². The molecule has 4 nitrogen and oxygen atoms in total. The van der Waals surface area contributed by atoms with Crippen molar-refractivity contribution in [2.75, 3.05) is 0 Å². The summed E-state index contributed by atoms with van der Waals surface area (Å²) in [7, 11) is -3.50. The molecule has 0 aliphatic heterocycles. The summed E-state index contributed by atoms with van der Waals surface area (Å²) in [6, 6.07) is 15.7. The Balaban J connectivity index is 1.73. The molecule has 0 saturated carbocycles. The molecule has 0 atom stereocenters. The number of hydrogen-bond acceptors (Lipinski definition) is 3. The number of nitrogens with one attached hydrogen (secondary N) is 1. The molecule has 0 saturated heterocycles. The molecule has 2 aromatic rings. The fourth-order valence-corrected chi connectivity index (χ4v) is 4.19. The molecular weight excluding hydrogens is 346 g/mol. The van der Waals surface area contributed by atoms with Crippen LogP contribution in [0.3, 0.4) is 0 Å². The van der Waals surface area contributed by atoms with Crippen LogP contribution in [0.15, 0.2) is 53.4 Å². The number of fused-ring (bicyclic) bond motifs is 1. The third-order valence-corrected chi connectivity index (χ3v) is 6.04. The lowest BCUT2D eigenvalue weighted by atomic mass is 9.98. The highest BCUT2D eigenvalue weighted by atomic mass is 32.2. The molecule has 0 aromatic heterocycles. The summed E-state index contributed by atoms with van der Waals surface area (Å²) in [6.45, 7) is 4.71. The van der Waals surface area contributed by atoms with Crippen LogP contribution in [0.4, 0.5) is 0 Å². The van der Waals surface area contributed by atoms with Crippen molar-refractivity contribution in [1.82, 2.24) is 4.72 Å². The van der Waals surface area contributed by atoms with Crippen LogP contribution in [0.5, 0.6) is 0 Å². The van der Waals surface area contributed by atoms with Gasteiger partial charge in [-0.25, -0.2) is 13.1 Å². The third kappa shape index (κ3) is 4.61. The van der Waals surface area contributed by atoms with Crippen LogP contribution in [0, 0.1) is 0 Å². The second kappa shape index (κ2) is 8.16. The average Bonchev–Trinajstić information content (AvgIpc) is 2.65. The number of aryl methyl sites for hydroxylation is 1. The van der Waals surface area contributed by atoms with Gasteiger partial charge in [-0.1, -0.05) is 48.5 Å². The van der Waals surface area contributed by atoms with Crippen molar-refractivity contribution in [2.24, 2.45) is 0 Å². The molecule has 0 unspecified atom stereocenters. The summed E-state index contributed by atoms with van der Waals surface area (Å²) >= 11 is 0. The van der Waals surface area contributed by atoms with Crippen LogP contribution in [-0.4, -0.2) is 14.5 Å².